The van der Waals surface area contributed by atoms with Crippen molar-refractivity contribution in [3.8, 4) is 0 Å². The summed E-state index contributed by atoms with van der Waals surface area (Å²) in [5, 5.41) is 12.7. The highest BCUT2D eigenvalue weighted by Gasteiger charge is 2.48. The van der Waals surface area contributed by atoms with E-state index in [0.717, 1.165) is 11.3 Å². The minimum absolute atomic E-state index is 0.00977. The first-order valence-corrected chi connectivity index (χ1v) is 19.9. The zero-order chi connectivity index (χ0) is 38.9. The normalized spacial score (nSPS) is 18.6. The lowest BCUT2D eigenvalue weighted by molar-refractivity contribution is -0.145. The molecule has 0 bridgehead atoms. The van der Waals surface area contributed by atoms with Crippen LogP contribution in [0.5, 0.6) is 0 Å². The van der Waals surface area contributed by atoms with Gasteiger partial charge in [0.25, 0.3) is 15.9 Å². The molecule has 2 rings (SSSR count). The Morgan fingerprint density at radius 3 is 2.20 bits per heavy atom. The highest BCUT2D eigenvalue weighted by Crippen LogP contribution is 2.34. The van der Waals surface area contributed by atoms with Gasteiger partial charge in [0.15, 0.2) is 0 Å². The molecule has 2 unspecified atom stereocenters. The first-order valence-electron chi connectivity index (χ1n) is 17.6. The highest BCUT2D eigenvalue weighted by molar-refractivity contribution is 7.91. The van der Waals surface area contributed by atoms with Gasteiger partial charge in [-0.2, -0.15) is 4.31 Å². The SMILES string of the molecule is CCCC(NC(=O)[C@@H]1C(C(C)C)CCN1C(=O)[C@@H](NC(=O)N[C@H](CN(C)S(=O)(=O)c1cccs1)C(C)(C)C)C(C)(C)C)C(=O)C(=O)NCCOC. The summed E-state index contributed by atoms with van der Waals surface area (Å²) >= 11 is 1.11. The monoisotopic (exact) mass is 756 g/mol. The molecule has 51 heavy (non-hydrogen) atoms. The number of amides is 5. The number of carbonyl (C=O) groups is 5. The fraction of sp³-hybridized carbons (Fsp3) is 0.743. The lowest BCUT2D eigenvalue weighted by Crippen LogP contribution is -2.62. The molecular weight excluding hydrogens is 697 g/mol. The number of sulfonamides is 1. The summed E-state index contributed by atoms with van der Waals surface area (Å²) in [5.74, 6) is -2.81. The maximum absolute atomic E-state index is 14.4. The molecule has 290 valence electrons. The number of nitrogens with zero attached hydrogens (tertiary/aromatic N) is 2. The van der Waals surface area contributed by atoms with Gasteiger partial charge in [-0.3, -0.25) is 19.2 Å². The van der Waals surface area contributed by atoms with Gasteiger partial charge in [-0.15, -0.1) is 11.3 Å². The van der Waals surface area contributed by atoms with Gasteiger partial charge in [-0.05, 0) is 47.0 Å². The van der Waals surface area contributed by atoms with E-state index in [1.165, 1.54) is 29.4 Å². The van der Waals surface area contributed by atoms with Crippen molar-refractivity contribution in [2.75, 3.05) is 40.4 Å². The maximum atomic E-state index is 14.4. The van der Waals surface area contributed by atoms with E-state index in [-0.39, 0.29) is 48.7 Å². The molecule has 14 nitrogen and oxygen atoms in total. The van der Waals surface area contributed by atoms with E-state index in [2.05, 4.69) is 21.3 Å². The van der Waals surface area contributed by atoms with Gasteiger partial charge in [0.2, 0.25) is 17.6 Å². The van der Waals surface area contributed by atoms with E-state index in [0.29, 0.717) is 12.8 Å². The summed E-state index contributed by atoms with van der Waals surface area (Å²) in [6.45, 7) is 17.5. The van der Waals surface area contributed by atoms with Crippen LogP contribution >= 0.6 is 11.3 Å². The van der Waals surface area contributed by atoms with Crippen molar-refractivity contribution >= 4 is 50.9 Å². The standard InChI is InChI=1S/C35H60N6O8S2/c1-12-14-24(28(42)31(44)36-17-19-49-11)37-30(43)27-23(22(2)3)16-18-41(27)32(45)29(35(7,8)9)39-33(46)38-25(34(4,5)6)21-40(10)51(47,48)26-15-13-20-50-26/h13,15,20,22-25,27,29H,12,14,16-19,21H2,1-11H3,(H,36,44)(H,37,43)(H2,38,39,46)/t23?,24?,25-,27+,29-/m1/s1. The molecule has 4 N–H and O–H groups in total. The molecule has 0 radical (unpaired) electrons. The predicted molar refractivity (Wildman–Crippen MR) is 197 cm³/mol. The predicted octanol–water partition coefficient (Wildman–Crippen LogP) is 2.99. The molecule has 0 aromatic carbocycles. The summed E-state index contributed by atoms with van der Waals surface area (Å²) in [5.41, 5.74) is -1.35. The Morgan fingerprint density at radius 1 is 1.04 bits per heavy atom. The van der Waals surface area contributed by atoms with E-state index in [1.54, 1.807) is 11.4 Å². The van der Waals surface area contributed by atoms with Gasteiger partial charge in [0, 0.05) is 39.8 Å². The number of ether oxygens (including phenoxy) is 1. The fourth-order valence-electron chi connectivity index (χ4n) is 6.02. The second-order valence-electron chi connectivity index (χ2n) is 15.7. The van der Waals surface area contributed by atoms with Gasteiger partial charge >= 0.3 is 6.03 Å². The number of likely N-dealkylation sites (tertiary alicyclic amines) is 1. The first-order chi connectivity index (χ1) is 23.6. The van der Waals surface area contributed by atoms with Crippen LogP contribution in [0, 0.1) is 22.7 Å². The quantitative estimate of drug-likeness (QED) is 0.138. The molecule has 5 atom stereocenters. The Balaban J connectivity index is 2.32. The van der Waals surface area contributed by atoms with Crippen LogP contribution < -0.4 is 21.3 Å². The van der Waals surface area contributed by atoms with E-state index in [4.69, 9.17) is 4.74 Å². The molecule has 0 aliphatic carbocycles. The Kier molecular flexibility index (Phi) is 16.1. The third kappa shape index (κ3) is 12.0. The van der Waals surface area contributed by atoms with Crippen molar-refractivity contribution in [1.82, 2.24) is 30.5 Å². The average Bonchev–Trinajstić information content (AvgIpc) is 3.73. The van der Waals surface area contributed by atoms with Gasteiger partial charge < -0.3 is 30.9 Å². The molecule has 5 amide bonds. The highest BCUT2D eigenvalue weighted by atomic mass is 32.2. The largest absolute Gasteiger partial charge is 0.383 e. The fourth-order valence-corrected chi connectivity index (χ4v) is 8.41. The van der Waals surface area contributed by atoms with Crippen molar-refractivity contribution in [2.24, 2.45) is 22.7 Å². The Labute approximate surface area is 308 Å². The molecule has 1 aliphatic rings. The maximum Gasteiger partial charge on any atom is 0.315 e. The summed E-state index contributed by atoms with van der Waals surface area (Å²) < 4.78 is 32.7. The lowest BCUT2D eigenvalue weighted by Gasteiger charge is -2.38. The minimum atomic E-state index is -3.78. The van der Waals surface area contributed by atoms with Crippen LogP contribution in [0.3, 0.4) is 0 Å². The van der Waals surface area contributed by atoms with Crippen LogP contribution in [-0.2, 0) is 33.9 Å². The average molecular weight is 757 g/mol. The molecule has 0 spiro atoms. The number of likely N-dealkylation sites (N-methyl/N-ethyl adjacent to an activating group) is 1. The number of nitrogens with one attached hydrogen (secondary N) is 4. The van der Waals surface area contributed by atoms with Gasteiger partial charge in [-0.1, -0.05) is 74.8 Å². The number of rotatable bonds is 17. The smallest absolute Gasteiger partial charge is 0.315 e. The molecule has 16 heteroatoms. The zero-order valence-electron chi connectivity index (χ0n) is 32.1. The zero-order valence-corrected chi connectivity index (χ0v) is 33.8. The summed E-state index contributed by atoms with van der Waals surface area (Å²) in [6, 6.07) is -1.18. The minimum Gasteiger partial charge on any atom is -0.383 e. The number of methoxy groups -OCH3 is 1. The van der Waals surface area contributed by atoms with Crippen LogP contribution in [0.4, 0.5) is 4.79 Å². The number of urea groups is 1. The van der Waals surface area contributed by atoms with Crippen LogP contribution in [0.1, 0.15) is 81.6 Å². The molecule has 1 aromatic heterocycles. The van der Waals surface area contributed by atoms with Crippen molar-refractivity contribution in [3.63, 3.8) is 0 Å². The van der Waals surface area contributed by atoms with E-state index < -0.39 is 74.6 Å². The molecule has 1 aliphatic heterocycles. The number of hydrogen-bond acceptors (Lipinski definition) is 9. The lowest BCUT2D eigenvalue weighted by atomic mass is 9.84. The number of hydrogen-bond donors (Lipinski definition) is 4. The number of thiophene rings is 1. The van der Waals surface area contributed by atoms with Crippen LogP contribution in [0.15, 0.2) is 21.7 Å². The summed E-state index contributed by atoms with van der Waals surface area (Å²) in [7, 11) is -0.839. The first kappa shape index (κ1) is 44.1. The molecular formula is C35H60N6O8S2. The van der Waals surface area contributed by atoms with Crippen molar-refractivity contribution in [1.29, 1.82) is 0 Å². The molecule has 2 heterocycles. The second-order valence-corrected chi connectivity index (χ2v) is 18.9. The number of carbonyl (C=O) groups excluding carboxylic acids is 5. The summed E-state index contributed by atoms with van der Waals surface area (Å²) in [6.07, 6.45) is 1.30. The van der Waals surface area contributed by atoms with Crippen LogP contribution in [0.25, 0.3) is 0 Å². The third-order valence-electron chi connectivity index (χ3n) is 9.22. The third-order valence-corrected chi connectivity index (χ3v) is 12.4. The molecule has 0 saturated carbocycles. The Bertz CT molecular complexity index is 1450. The van der Waals surface area contributed by atoms with Crippen molar-refractivity contribution in [3.05, 3.63) is 17.5 Å². The van der Waals surface area contributed by atoms with E-state index in [1.807, 2.05) is 62.3 Å². The topological polar surface area (TPSA) is 183 Å². The number of ketones is 1. The van der Waals surface area contributed by atoms with E-state index >= 15 is 0 Å². The van der Waals surface area contributed by atoms with Crippen molar-refractivity contribution in [2.45, 2.75) is 110 Å². The van der Waals surface area contributed by atoms with Gasteiger partial charge in [0.1, 0.15) is 16.3 Å². The number of Topliss-reactive ketones (excluding diaryl/α,β-unsaturated/α-hetero) is 1. The second kappa shape index (κ2) is 18.6. The Morgan fingerprint density at radius 2 is 1.69 bits per heavy atom. The molecule has 1 saturated heterocycles. The van der Waals surface area contributed by atoms with Crippen LogP contribution in [0.2, 0.25) is 0 Å². The van der Waals surface area contributed by atoms with E-state index in [9.17, 15) is 32.4 Å². The van der Waals surface area contributed by atoms with Crippen molar-refractivity contribution < 1.29 is 37.1 Å². The van der Waals surface area contributed by atoms with Gasteiger partial charge in [0.05, 0.1) is 12.6 Å². The van der Waals surface area contributed by atoms with Gasteiger partial charge in [-0.25, -0.2) is 13.2 Å². The summed E-state index contributed by atoms with van der Waals surface area (Å²) in [4.78, 5) is 69.2. The molecule has 1 aromatic rings. The Hall–Kier alpha value is -3.08. The van der Waals surface area contributed by atoms with Crippen LogP contribution in [-0.4, -0.2) is 112 Å². The molecule has 1 fully saturated rings.